The third-order valence-electron chi connectivity index (χ3n) is 5.76. The van der Waals surface area contributed by atoms with E-state index < -0.39 is 20.3 Å². The van der Waals surface area contributed by atoms with Crippen LogP contribution in [0.4, 0.5) is 0 Å². The summed E-state index contributed by atoms with van der Waals surface area (Å²) in [7, 11) is -1.75. The average Bonchev–Trinajstić information content (AvgIpc) is 2.75. The van der Waals surface area contributed by atoms with Crippen molar-refractivity contribution in [1.82, 2.24) is 0 Å². The fraction of sp³-hybridized carbons (Fsp3) is 0.500. The van der Waals surface area contributed by atoms with Gasteiger partial charge < -0.3 is 14.2 Å². The van der Waals surface area contributed by atoms with E-state index in [1.807, 2.05) is 24.3 Å². The maximum atomic E-state index is 11.7. The average molecular weight is 463 g/mol. The molecule has 0 amide bonds. The fourth-order valence-corrected chi connectivity index (χ4v) is 10.1. The van der Waals surface area contributed by atoms with Crippen molar-refractivity contribution in [3.8, 4) is 0 Å². The highest BCUT2D eigenvalue weighted by Gasteiger charge is 2.36. The van der Waals surface area contributed by atoms with E-state index in [9.17, 15) is 9.59 Å². The Hall–Kier alpha value is -1.83. The molecule has 0 radical (unpaired) electrons. The molecule has 0 bridgehead atoms. The molecule has 5 nitrogen and oxygen atoms in total. The van der Waals surface area contributed by atoms with E-state index in [0.29, 0.717) is 0 Å². The van der Waals surface area contributed by atoms with E-state index in [-0.39, 0.29) is 24.6 Å². The molecule has 1 aliphatic heterocycles. The van der Waals surface area contributed by atoms with Gasteiger partial charge in [0.15, 0.2) is 0 Å². The molecule has 0 aromatic heterocycles. The summed E-state index contributed by atoms with van der Waals surface area (Å²) < 4.78 is 18.3. The molecular weight excluding hydrogens is 428 g/mol. The van der Waals surface area contributed by atoms with E-state index in [1.54, 1.807) is 17.8 Å². The van der Waals surface area contributed by atoms with Gasteiger partial charge in [-0.2, -0.15) is 0 Å². The molecular formula is C24H34O5SSi. The number of hydrogen-bond donors (Lipinski definition) is 0. The minimum Gasteiger partial charge on any atom is -0.463 e. The number of benzene rings is 1. The maximum absolute atomic E-state index is 11.7. The van der Waals surface area contributed by atoms with E-state index in [1.165, 1.54) is 23.3 Å². The molecule has 3 atom stereocenters. The van der Waals surface area contributed by atoms with Crippen LogP contribution in [0.2, 0.25) is 18.1 Å². The minimum atomic E-state index is -1.75. The molecule has 170 valence electrons. The second-order valence-electron chi connectivity index (χ2n) is 7.69. The molecule has 0 spiro atoms. The molecule has 1 aliphatic rings. The maximum Gasteiger partial charge on any atom is 0.303 e. The first-order chi connectivity index (χ1) is 14.8. The van der Waals surface area contributed by atoms with Crippen LogP contribution in [0.15, 0.2) is 58.0 Å². The Morgan fingerprint density at radius 2 is 1.68 bits per heavy atom. The molecule has 0 saturated carbocycles. The topological polar surface area (TPSA) is 61.8 Å². The van der Waals surface area contributed by atoms with Crippen molar-refractivity contribution in [2.45, 2.75) is 76.0 Å². The highest BCUT2D eigenvalue weighted by molar-refractivity contribution is 8.05. The molecule has 0 aliphatic carbocycles. The normalized spacial score (nSPS) is 21.6. The molecule has 0 fully saturated rings. The molecule has 0 unspecified atom stereocenters. The lowest BCUT2D eigenvalue weighted by Crippen LogP contribution is -2.41. The molecule has 31 heavy (non-hydrogen) atoms. The minimum absolute atomic E-state index is 0.141. The first-order valence-electron chi connectivity index (χ1n) is 10.9. The zero-order chi connectivity index (χ0) is 22.9. The van der Waals surface area contributed by atoms with Crippen molar-refractivity contribution in [2.24, 2.45) is 0 Å². The van der Waals surface area contributed by atoms with Gasteiger partial charge in [0.1, 0.15) is 24.9 Å². The summed E-state index contributed by atoms with van der Waals surface area (Å²) in [6, 6.07) is 13.7. The molecule has 2 rings (SSSR count). The number of thioether (sulfide) groups is 1. The third kappa shape index (κ3) is 7.37. The molecule has 1 aromatic rings. The number of carbonyl (C=O) groups is 2. The highest BCUT2D eigenvalue weighted by Crippen LogP contribution is 2.40. The summed E-state index contributed by atoms with van der Waals surface area (Å²) in [5, 5.41) is 0. The van der Waals surface area contributed by atoms with Crippen molar-refractivity contribution in [3.05, 3.63) is 53.1 Å². The Labute approximate surface area is 191 Å². The Kier molecular flexibility index (Phi) is 10.1. The van der Waals surface area contributed by atoms with Crippen molar-refractivity contribution < 1.29 is 23.8 Å². The van der Waals surface area contributed by atoms with Crippen LogP contribution in [0.25, 0.3) is 0 Å². The first-order valence-corrected chi connectivity index (χ1v) is 14.4. The summed E-state index contributed by atoms with van der Waals surface area (Å²) in [6.07, 6.45) is 4.50. The van der Waals surface area contributed by atoms with Gasteiger partial charge >= 0.3 is 11.9 Å². The molecule has 1 heterocycles. The molecule has 0 saturated heterocycles. The van der Waals surface area contributed by atoms with Gasteiger partial charge in [0.25, 0.3) is 0 Å². The van der Waals surface area contributed by atoms with Gasteiger partial charge in [-0.05, 0) is 28.8 Å². The van der Waals surface area contributed by atoms with Crippen LogP contribution in [-0.4, -0.2) is 44.9 Å². The van der Waals surface area contributed by atoms with Crippen LogP contribution in [0, 0.1) is 0 Å². The predicted octanol–water partition coefficient (Wildman–Crippen LogP) is 5.53. The van der Waals surface area contributed by atoms with Crippen molar-refractivity contribution >= 4 is 31.8 Å². The lowest BCUT2D eigenvalue weighted by atomic mass is 10.1. The van der Waals surface area contributed by atoms with E-state index in [0.717, 1.165) is 18.1 Å². The SMILES string of the molecule is CC[Si](CC)(CC)/C(=C/[C@@H]1O[C@H](COC(C)=O)C=C[C@H]1OC(C)=O)Sc1ccccc1. The Morgan fingerprint density at radius 3 is 2.23 bits per heavy atom. The lowest BCUT2D eigenvalue weighted by Gasteiger charge is -2.35. The van der Waals surface area contributed by atoms with Crippen molar-refractivity contribution in [3.63, 3.8) is 0 Å². The number of hydrogen-bond acceptors (Lipinski definition) is 6. The van der Waals surface area contributed by atoms with Gasteiger partial charge in [0.05, 0.1) is 8.07 Å². The number of ether oxygens (including phenoxy) is 3. The number of rotatable bonds is 10. The summed E-state index contributed by atoms with van der Waals surface area (Å²) in [4.78, 5) is 24.1. The van der Waals surface area contributed by atoms with Crippen LogP contribution in [0.3, 0.4) is 0 Å². The van der Waals surface area contributed by atoms with Crippen LogP contribution in [0.5, 0.6) is 0 Å². The summed E-state index contributed by atoms with van der Waals surface area (Å²) in [5.41, 5.74) is 0. The van der Waals surface area contributed by atoms with Gasteiger partial charge in [-0.15, -0.1) is 0 Å². The predicted molar refractivity (Wildman–Crippen MR) is 128 cm³/mol. The summed E-state index contributed by atoms with van der Waals surface area (Å²) >= 11 is 1.80. The number of carbonyl (C=O) groups excluding carboxylic acids is 2. The second kappa shape index (κ2) is 12.3. The molecule has 7 heteroatoms. The van der Waals surface area contributed by atoms with Crippen LogP contribution >= 0.6 is 11.8 Å². The standard InChI is InChI=1S/C24H34O5SSi/c1-6-31(7-2,8-3)24(30-21-12-10-9-11-13-21)16-23-22(28-19(5)26)15-14-20(29-23)17-27-18(4)25/h9-16,20,22-23H,6-8,17H2,1-5H3/b24-16+/t20-,22+,23-/m0/s1. The summed E-state index contributed by atoms with van der Waals surface area (Å²) in [5.74, 6) is -0.696. The summed E-state index contributed by atoms with van der Waals surface area (Å²) in [6.45, 7) is 9.74. The van der Waals surface area contributed by atoms with Gasteiger partial charge in [-0.3, -0.25) is 9.59 Å². The van der Waals surface area contributed by atoms with Gasteiger partial charge in [0.2, 0.25) is 0 Å². The largest absolute Gasteiger partial charge is 0.463 e. The smallest absolute Gasteiger partial charge is 0.303 e. The van der Waals surface area contributed by atoms with Crippen molar-refractivity contribution in [1.29, 1.82) is 0 Å². The Morgan fingerprint density at radius 1 is 1.03 bits per heavy atom. The fourth-order valence-electron chi connectivity index (χ4n) is 3.75. The molecule has 0 N–H and O–H groups in total. The highest BCUT2D eigenvalue weighted by atomic mass is 32.2. The lowest BCUT2D eigenvalue weighted by molar-refractivity contribution is -0.154. The van der Waals surface area contributed by atoms with Gasteiger partial charge in [-0.1, -0.05) is 74.9 Å². The van der Waals surface area contributed by atoms with Crippen LogP contribution < -0.4 is 0 Å². The second-order valence-corrected chi connectivity index (χ2v) is 14.4. The third-order valence-corrected chi connectivity index (χ3v) is 13.5. The zero-order valence-electron chi connectivity index (χ0n) is 19.1. The first kappa shape index (κ1) is 25.4. The quantitative estimate of drug-likeness (QED) is 0.197. The Bertz CT molecular complexity index is 780. The van der Waals surface area contributed by atoms with Gasteiger partial charge in [0, 0.05) is 18.7 Å². The van der Waals surface area contributed by atoms with Crippen LogP contribution in [-0.2, 0) is 23.8 Å². The van der Waals surface area contributed by atoms with E-state index >= 15 is 0 Å². The number of esters is 2. The van der Waals surface area contributed by atoms with E-state index in [2.05, 4.69) is 39.0 Å². The van der Waals surface area contributed by atoms with Crippen LogP contribution in [0.1, 0.15) is 34.6 Å². The zero-order valence-corrected chi connectivity index (χ0v) is 20.9. The Balaban J connectivity index is 2.42. The monoisotopic (exact) mass is 462 g/mol. The van der Waals surface area contributed by atoms with Crippen molar-refractivity contribution in [2.75, 3.05) is 6.61 Å². The van der Waals surface area contributed by atoms with E-state index in [4.69, 9.17) is 14.2 Å². The molecule has 1 aromatic carbocycles. The van der Waals surface area contributed by atoms with Gasteiger partial charge in [-0.25, -0.2) is 0 Å².